The fraction of sp³-hybridized carbons (Fsp3) is 0.250. The van der Waals surface area contributed by atoms with Gasteiger partial charge >= 0.3 is 11.7 Å². The van der Waals surface area contributed by atoms with E-state index in [-0.39, 0.29) is 18.5 Å². The van der Waals surface area contributed by atoms with Gasteiger partial charge in [-0.15, -0.1) is 0 Å². The predicted molar refractivity (Wildman–Crippen MR) is 111 cm³/mol. The van der Waals surface area contributed by atoms with Crippen molar-refractivity contribution in [3.63, 3.8) is 0 Å². The lowest BCUT2D eigenvalue weighted by Crippen LogP contribution is -2.42. The lowest BCUT2D eigenvalue weighted by Gasteiger charge is -2.15. The van der Waals surface area contributed by atoms with Crippen molar-refractivity contribution in [1.82, 2.24) is 9.13 Å². The molecule has 7 nitrogen and oxygen atoms in total. The number of halogens is 2. The third kappa shape index (κ3) is 4.31. The first-order chi connectivity index (χ1) is 13.8. The molecule has 2 aromatic carbocycles. The standard InChI is InChI=1S/C20H18Cl2N2O5/c1-3-29-18(25)11-24-19(26)15-9-14(28-2)6-7-17(15)23(20(24)27)10-12-4-5-13(21)8-16(12)22/h4-9H,3,10-11H2,1-2H3. The van der Waals surface area contributed by atoms with Crippen molar-refractivity contribution in [3.8, 4) is 5.75 Å². The molecule has 1 aromatic heterocycles. The number of aromatic nitrogens is 2. The molecule has 0 atom stereocenters. The lowest BCUT2D eigenvalue weighted by molar-refractivity contribution is -0.143. The van der Waals surface area contributed by atoms with E-state index in [0.29, 0.717) is 26.9 Å². The average molecular weight is 437 g/mol. The zero-order valence-corrected chi connectivity index (χ0v) is 17.3. The summed E-state index contributed by atoms with van der Waals surface area (Å²) in [6.07, 6.45) is 0. The summed E-state index contributed by atoms with van der Waals surface area (Å²) >= 11 is 12.2. The fourth-order valence-electron chi connectivity index (χ4n) is 2.98. The predicted octanol–water partition coefficient (Wildman–Crippen LogP) is 3.09. The second kappa shape index (κ2) is 8.71. The van der Waals surface area contributed by atoms with Crippen LogP contribution in [0.5, 0.6) is 5.75 Å². The SMILES string of the molecule is CCOC(=O)Cn1c(=O)c2cc(OC)ccc2n(Cc2ccc(Cl)cc2Cl)c1=O. The van der Waals surface area contributed by atoms with Crippen LogP contribution in [0.3, 0.4) is 0 Å². The maximum absolute atomic E-state index is 13.1. The first kappa shape index (κ1) is 21.0. The third-order valence-electron chi connectivity index (χ3n) is 4.37. The summed E-state index contributed by atoms with van der Waals surface area (Å²) in [6.45, 7) is 1.38. The number of hydrogen-bond donors (Lipinski definition) is 0. The second-order valence-electron chi connectivity index (χ2n) is 6.18. The van der Waals surface area contributed by atoms with Crippen molar-refractivity contribution in [2.75, 3.05) is 13.7 Å². The van der Waals surface area contributed by atoms with Gasteiger partial charge in [0.05, 0.1) is 31.2 Å². The highest BCUT2D eigenvalue weighted by Crippen LogP contribution is 2.23. The number of fused-ring (bicyclic) bond motifs is 1. The van der Waals surface area contributed by atoms with Gasteiger partial charge in [-0.25, -0.2) is 9.36 Å². The van der Waals surface area contributed by atoms with Gasteiger partial charge in [0.2, 0.25) is 0 Å². The molecule has 0 saturated carbocycles. The minimum atomic E-state index is -0.676. The summed E-state index contributed by atoms with van der Waals surface area (Å²) in [7, 11) is 1.47. The summed E-state index contributed by atoms with van der Waals surface area (Å²) in [4.78, 5) is 38.0. The molecule has 0 aliphatic rings. The monoisotopic (exact) mass is 436 g/mol. The molecule has 0 amide bonds. The van der Waals surface area contributed by atoms with Gasteiger partial charge in [0, 0.05) is 10.0 Å². The van der Waals surface area contributed by atoms with E-state index in [1.54, 1.807) is 37.3 Å². The highest BCUT2D eigenvalue weighted by Gasteiger charge is 2.17. The Balaban J connectivity index is 2.25. The van der Waals surface area contributed by atoms with Crippen LogP contribution in [-0.2, 0) is 22.6 Å². The Kier molecular flexibility index (Phi) is 6.30. The highest BCUT2D eigenvalue weighted by molar-refractivity contribution is 6.35. The molecule has 3 rings (SSSR count). The maximum atomic E-state index is 13.1. The molecule has 0 unspecified atom stereocenters. The van der Waals surface area contributed by atoms with Gasteiger partial charge in [-0.2, -0.15) is 0 Å². The van der Waals surface area contributed by atoms with E-state index < -0.39 is 23.8 Å². The van der Waals surface area contributed by atoms with Crippen LogP contribution in [0.15, 0.2) is 46.0 Å². The normalized spacial score (nSPS) is 10.9. The third-order valence-corrected chi connectivity index (χ3v) is 4.95. The van der Waals surface area contributed by atoms with Gasteiger partial charge in [-0.05, 0) is 42.8 Å². The molecule has 29 heavy (non-hydrogen) atoms. The minimum Gasteiger partial charge on any atom is -0.497 e. The summed E-state index contributed by atoms with van der Waals surface area (Å²) in [6, 6.07) is 9.73. The number of ether oxygens (including phenoxy) is 2. The Bertz CT molecular complexity index is 1200. The molecule has 0 fully saturated rings. The van der Waals surface area contributed by atoms with Crippen LogP contribution in [0.4, 0.5) is 0 Å². The number of rotatable bonds is 6. The van der Waals surface area contributed by atoms with Crippen molar-refractivity contribution in [1.29, 1.82) is 0 Å². The van der Waals surface area contributed by atoms with Crippen molar-refractivity contribution in [3.05, 3.63) is 72.8 Å². The van der Waals surface area contributed by atoms with Gasteiger partial charge in [-0.1, -0.05) is 29.3 Å². The molecular weight excluding hydrogens is 419 g/mol. The molecule has 152 valence electrons. The fourth-order valence-corrected chi connectivity index (χ4v) is 3.45. The van der Waals surface area contributed by atoms with E-state index in [4.69, 9.17) is 32.7 Å². The molecule has 0 radical (unpaired) electrons. The van der Waals surface area contributed by atoms with E-state index >= 15 is 0 Å². The number of nitrogens with zero attached hydrogens (tertiary/aromatic N) is 2. The Labute approximate surface area is 176 Å². The number of methoxy groups -OCH3 is 1. The van der Waals surface area contributed by atoms with Gasteiger partial charge in [-0.3, -0.25) is 14.2 Å². The van der Waals surface area contributed by atoms with Crippen LogP contribution in [0, 0.1) is 0 Å². The molecule has 0 N–H and O–H groups in total. The van der Waals surface area contributed by atoms with Gasteiger partial charge < -0.3 is 9.47 Å². The van der Waals surface area contributed by atoms with Crippen LogP contribution in [-0.4, -0.2) is 28.8 Å². The summed E-state index contributed by atoms with van der Waals surface area (Å²) in [5.41, 5.74) is -0.217. The van der Waals surface area contributed by atoms with Gasteiger partial charge in [0.1, 0.15) is 12.3 Å². The molecule has 0 aliphatic heterocycles. The number of carbonyl (C=O) groups is 1. The summed E-state index contributed by atoms with van der Waals surface area (Å²) < 4.78 is 12.3. The van der Waals surface area contributed by atoms with Crippen molar-refractivity contribution in [2.24, 2.45) is 0 Å². The van der Waals surface area contributed by atoms with Crippen LogP contribution >= 0.6 is 23.2 Å². The summed E-state index contributed by atoms with van der Waals surface area (Å²) in [5, 5.41) is 1.08. The quantitative estimate of drug-likeness (QED) is 0.554. The first-order valence-corrected chi connectivity index (χ1v) is 9.52. The van der Waals surface area contributed by atoms with Crippen molar-refractivity contribution >= 4 is 40.1 Å². The molecular formula is C20H18Cl2N2O5. The van der Waals surface area contributed by atoms with Crippen molar-refractivity contribution < 1.29 is 14.3 Å². The maximum Gasteiger partial charge on any atom is 0.332 e. The zero-order chi connectivity index (χ0) is 21.1. The van der Waals surface area contributed by atoms with Crippen LogP contribution in [0.25, 0.3) is 10.9 Å². The average Bonchev–Trinajstić information content (AvgIpc) is 2.69. The minimum absolute atomic E-state index is 0.0841. The molecule has 3 aromatic rings. The molecule has 9 heteroatoms. The first-order valence-electron chi connectivity index (χ1n) is 8.76. The Hall–Kier alpha value is -2.77. The van der Waals surface area contributed by atoms with E-state index in [1.165, 1.54) is 17.7 Å². The zero-order valence-electron chi connectivity index (χ0n) is 15.8. The smallest absolute Gasteiger partial charge is 0.332 e. The van der Waals surface area contributed by atoms with Crippen LogP contribution in [0.2, 0.25) is 10.0 Å². The topological polar surface area (TPSA) is 79.5 Å². The Morgan fingerprint density at radius 2 is 1.83 bits per heavy atom. The Morgan fingerprint density at radius 3 is 2.48 bits per heavy atom. The molecule has 0 spiro atoms. The van der Waals surface area contributed by atoms with E-state index in [0.717, 1.165) is 4.57 Å². The number of carbonyl (C=O) groups excluding carboxylic acids is 1. The van der Waals surface area contributed by atoms with Gasteiger partial charge in [0.25, 0.3) is 5.56 Å². The van der Waals surface area contributed by atoms with Crippen LogP contribution in [0.1, 0.15) is 12.5 Å². The van der Waals surface area contributed by atoms with Gasteiger partial charge in [0.15, 0.2) is 0 Å². The lowest BCUT2D eigenvalue weighted by atomic mass is 10.2. The second-order valence-corrected chi connectivity index (χ2v) is 7.03. The number of hydrogen-bond acceptors (Lipinski definition) is 5. The molecule has 1 heterocycles. The highest BCUT2D eigenvalue weighted by atomic mass is 35.5. The van der Waals surface area contributed by atoms with Crippen molar-refractivity contribution in [2.45, 2.75) is 20.0 Å². The largest absolute Gasteiger partial charge is 0.497 e. The molecule has 0 aliphatic carbocycles. The Morgan fingerprint density at radius 1 is 1.07 bits per heavy atom. The van der Waals surface area contributed by atoms with E-state index in [1.807, 2.05) is 0 Å². The molecule has 0 bridgehead atoms. The number of benzene rings is 2. The van der Waals surface area contributed by atoms with Crippen LogP contribution < -0.4 is 16.0 Å². The summed E-state index contributed by atoms with van der Waals surface area (Å²) in [5.74, 6) is -0.225. The molecule has 0 saturated heterocycles. The van der Waals surface area contributed by atoms with E-state index in [2.05, 4.69) is 0 Å². The van der Waals surface area contributed by atoms with E-state index in [9.17, 15) is 14.4 Å². The number of esters is 1.